The zero-order valence-corrected chi connectivity index (χ0v) is 15.4. The Bertz CT molecular complexity index is 916. The van der Waals surface area contributed by atoms with Gasteiger partial charge < -0.3 is 9.47 Å². The Hall–Kier alpha value is -2.98. The molecule has 3 aromatic rings. The minimum atomic E-state index is 0.273. The van der Waals surface area contributed by atoms with E-state index in [0.717, 1.165) is 22.7 Å². The van der Waals surface area contributed by atoms with E-state index in [1.807, 2.05) is 60.0 Å². The maximum atomic E-state index is 8.87. The van der Waals surface area contributed by atoms with E-state index in [-0.39, 0.29) is 6.61 Å². The number of methoxy groups -OCH3 is 1. The molecule has 132 valence electrons. The number of nitriles is 1. The molecule has 0 aliphatic carbocycles. The fourth-order valence-electron chi connectivity index (χ4n) is 2.43. The Balaban J connectivity index is 1.88. The van der Waals surface area contributed by atoms with E-state index in [1.165, 1.54) is 11.8 Å². The molecule has 0 fully saturated rings. The number of nitrogens with zero attached hydrogens (tertiary/aromatic N) is 4. The molecule has 0 atom stereocenters. The van der Waals surface area contributed by atoms with Crippen molar-refractivity contribution in [3.63, 3.8) is 0 Å². The maximum absolute atomic E-state index is 8.87. The van der Waals surface area contributed by atoms with Crippen molar-refractivity contribution in [3.05, 3.63) is 59.9 Å². The molecule has 0 unspecified atom stereocenters. The van der Waals surface area contributed by atoms with Crippen LogP contribution < -0.4 is 9.47 Å². The van der Waals surface area contributed by atoms with Crippen LogP contribution in [0.1, 0.15) is 11.4 Å². The summed E-state index contributed by atoms with van der Waals surface area (Å²) in [5.41, 5.74) is 2.02. The summed E-state index contributed by atoms with van der Waals surface area (Å²) < 4.78 is 13.0. The Morgan fingerprint density at radius 2 is 1.92 bits per heavy atom. The molecule has 0 bridgehead atoms. The monoisotopic (exact) mass is 366 g/mol. The molecule has 3 rings (SSSR count). The number of thioether (sulfide) groups is 1. The summed E-state index contributed by atoms with van der Waals surface area (Å²) >= 11 is 1.34. The average Bonchev–Trinajstić information content (AvgIpc) is 3.07. The van der Waals surface area contributed by atoms with E-state index in [2.05, 4.69) is 16.3 Å². The van der Waals surface area contributed by atoms with Gasteiger partial charge in [0.05, 0.1) is 18.9 Å². The molecule has 0 N–H and O–H groups in total. The molecular formula is C19H18N4O2S. The van der Waals surface area contributed by atoms with Gasteiger partial charge in [0.2, 0.25) is 0 Å². The van der Waals surface area contributed by atoms with Gasteiger partial charge in [0.25, 0.3) is 0 Å². The van der Waals surface area contributed by atoms with Crippen LogP contribution in [0.2, 0.25) is 0 Å². The maximum Gasteiger partial charge on any atom is 0.196 e. The van der Waals surface area contributed by atoms with Crippen LogP contribution in [0.5, 0.6) is 11.5 Å². The van der Waals surface area contributed by atoms with Gasteiger partial charge in [-0.3, -0.25) is 4.57 Å². The van der Waals surface area contributed by atoms with Crippen molar-refractivity contribution in [2.45, 2.75) is 18.7 Å². The van der Waals surface area contributed by atoms with Crippen LogP contribution in [-0.4, -0.2) is 27.6 Å². The van der Waals surface area contributed by atoms with Gasteiger partial charge in [0.15, 0.2) is 11.0 Å². The highest BCUT2D eigenvalue weighted by Gasteiger charge is 2.15. The first kappa shape index (κ1) is 17.8. The van der Waals surface area contributed by atoms with Gasteiger partial charge in [-0.1, -0.05) is 23.9 Å². The largest absolute Gasteiger partial charge is 0.497 e. The highest BCUT2D eigenvalue weighted by molar-refractivity contribution is 7.99. The Kier molecular flexibility index (Phi) is 5.77. The summed E-state index contributed by atoms with van der Waals surface area (Å²) in [4.78, 5) is 0. The van der Waals surface area contributed by atoms with Crippen LogP contribution in [0, 0.1) is 18.3 Å². The van der Waals surface area contributed by atoms with Crippen molar-refractivity contribution in [3.8, 4) is 23.3 Å². The Morgan fingerprint density at radius 3 is 2.62 bits per heavy atom. The molecule has 0 saturated carbocycles. The fourth-order valence-corrected chi connectivity index (χ4v) is 3.06. The number of ether oxygens (including phenoxy) is 2. The topological polar surface area (TPSA) is 73.0 Å². The second kappa shape index (κ2) is 8.41. The van der Waals surface area contributed by atoms with E-state index in [1.54, 1.807) is 7.11 Å². The zero-order chi connectivity index (χ0) is 18.4. The van der Waals surface area contributed by atoms with Crippen LogP contribution in [0.4, 0.5) is 0 Å². The summed E-state index contributed by atoms with van der Waals surface area (Å²) in [7, 11) is 1.63. The third-order valence-corrected chi connectivity index (χ3v) is 4.45. The van der Waals surface area contributed by atoms with Crippen molar-refractivity contribution < 1.29 is 9.47 Å². The first-order valence-corrected chi connectivity index (χ1v) is 8.98. The lowest BCUT2D eigenvalue weighted by Crippen LogP contribution is -2.07. The molecular weight excluding hydrogens is 348 g/mol. The number of benzene rings is 2. The lowest BCUT2D eigenvalue weighted by Gasteiger charge is -2.11. The summed E-state index contributed by atoms with van der Waals surface area (Å²) in [6, 6.07) is 17.6. The predicted molar refractivity (Wildman–Crippen MR) is 99.8 cm³/mol. The van der Waals surface area contributed by atoms with Crippen LogP contribution >= 0.6 is 11.8 Å². The molecule has 0 aliphatic heterocycles. The molecule has 6 nitrogen and oxygen atoms in total. The number of hydrogen-bond acceptors (Lipinski definition) is 6. The second-order valence-electron chi connectivity index (χ2n) is 5.48. The summed E-state index contributed by atoms with van der Waals surface area (Å²) in [5, 5.41) is 18.0. The van der Waals surface area contributed by atoms with Gasteiger partial charge in [-0.05, 0) is 48.9 Å². The van der Waals surface area contributed by atoms with Gasteiger partial charge >= 0.3 is 0 Å². The zero-order valence-electron chi connectivity index (χ0n) is 14.5. The molecule has 1 heterocycles. The minimum Gasteiger partial charge on any atom is -0.497 e. The van der Waals surface area contributed by atoms with Crippen molar-refractivity contribution >= 4 is 11.8 Å². The smallest absolute Gasteiger partial charge is 0.196 e. The van der Waals surface area contributed by atoms with Crippen LogP contribution in [0.25, 0.3) is 5.69 Å². The second-order valence-corrected chi connectivity index (χ2v) is 6.43. The van der Waals surface area contributed by atoms with Gasteiger partial charge in [-0.15, -0.1) is 10.2 Å². The Morgan fingerprint density at radius 1 is 1.12 bits per heavy atom. The van der Waals surface area contributed by atoms with E-state index in [9.17, 15) is 0 Å². The third-order valence-electron chi connectivity index (χ3n) is 3.65. The Labute approximate surface area is 156 Å². The van der Waals surface area contributed by atoms with Crippen molar-refractivity contribution in [1.29, 1.82) is 5.26 Å². The number of hydrogen-bond donors (Lipinski definition) is 0. The molecule has 26 heavy (non-hydrogen) atoms. The van der Waals surface area contributed by atoms with Crippen LogP contribution in [0.3, 0.4) is 0 Å². The molecule has 7 heteroatoms. The van der Waals surface area contributed by atoms with E-state index in [0.29, 0.717) is 16.7 Å². The lowest BCUT2D eigenvalue weighted by atomic mass is 10.2. The molecule has 0 spiro atoms. The van der Waals surface area contributed by atoms with E-state index in [4.69, 9.17) is 14.7 Å². The van der Waals surface area contributed by atoms with Gasteiger partial charge in [0.1, 0.15) is 18.1 Å². The highest BCUT2D eigenvalue weighted by Crippen LogP contribution is 2.24. The molecule has 1 aromatic heterocycles. The molecule has 0 radical (unpaired) electrons. The van der Waals surface area contributed by atoms with Crippen molar-refractivity contribution in [1.82, 2.24) is 14.8 Å². The molecule has 0 aliphatic rings. The summed E-state index contributed by atoms with van der Waals surface area (Å²) in [5.74, 6) is 2.51. The lowest BCUT2D eigenvalue weighted by molar-refractivity contribution is 0.292. The minimum absolute atomic E-state index is 0.273. The predicted octanol–water partition coefficient (Wildman–Crippen LogP) is 3.78. The summed E-state index contributed by atoms with van der Waals surface area (Å²) in [6.45, 7) is 2.29. The van der Waals surface area contributed by atoms with Crippen molar-refractivity contribution in [2.75, 3.05) is 12.9 Å². The van der Waals surface area contributed by atoms with Crippen molar-refractivity contribution in [2.24, 2.45) is 0 Å². The number of aryl methyl sites for hydroxylation is 1. The van der Waals surface area contributed by atoms with Crippen LogP contribution in [-0.2, 0) is 6.61 Å². The number of aromatic nitrogens is 3. The standard InChI is InChI=1S/C19H18N4O2S/c1-14-4-3-5-17(12-14)25-13-18-21-22-19(26-11-10-20)23(18)15-6-8-16(24-2)9-7-15/h3-9,12H,11,13H2,1-2H3. The van der Waals surface area contributed by atoms with E-state index >= 15 is 0 Å². The SMILES string of the molecule is COc1ccc(-n2c(COc3cccc(C)c3)nnc2SCC#N)cc1. The number of rotatable bonds is 7. The van der Waals surface area contributed by atoms with Gasteiger partial charge in [0, 0.05) is 5.69 Å². The van der Waals surface area contributed by atoms with Gasteiger partial charge in [-0.2, -0.15) is 5.26 Å². The molecule has 2 aromatic carbocycles. The third kappa shape index (κ3) is 4.16. The highest BCUT2D eigenvalue weighted by atomic mass is 32.2. The molecule has 0 amide bonds. The first-order chi connectivity index (χ1) is 12.7. The quantitative estimate of drug-likeness (QED) is 0.593. The molecule has 0 saturated heterocycles. The van der Waals surface area contributed by atoms with E-state index < -0.39 is 0 Å². The van der Waals surface area contributed by atoms with Gasteiger partial charge in [-0.25, -0.2) is 0 Å². The fraction of sp³-hybridized carbons (Fsp3) is 0.211. The average molecular weight is 366 g/mol. The van der Waals surface area contributed by atoms with Crippen LogP contribution in [0.15, 0.2) is 53.7 Å². The first-order valence-electron chi connectivity index (χ1n) is 7.99. The summed E-state index contributed by atoms with van der Waals surface area (Å²) in [6.07, 6.45) is 0. The normalized spacial score (nSPS) is 10.3.